The summed E-state index contributed by atoms with van der Waals surface area (Å²) in [6.07, 6.45) is -3.22. The number of nitrogens with zero attached hydrogens (tertiary/aromatic N) is 5. The lowest BCUT2D eigenvalue weighted by atomic mass is 10.3. The molecule has 2 heterocycles. The van der Waals surface area contributed by atoms with Crippen LogP contribution in [0, 0.1) is 18.3 Å². The minimum atomic E-state index is -4.71. The van der Waals surface area contributed by atoms with Crippen LogP contribution in [0.3, 0.4) is 0 Å². The highest BCUT2D eigenvalue weighted by Gasteiger charge is 2.39. The van der Waals surface area contributed by atoms with Gasteiger partial charge in [0.25, 0.3) is 0 Å². The molecule has 0 aliphatic rings. The molecule has 0 aliphatic heterocycles. The van der Waals surface area contributed by atoms with Crippen molar-refractivity contribution in [2.24, 2.45) is 0 Å². The maximum atomic E-state index is 12.8. The zero-order valence-electron chi connectivity index (χ0n) is 12.6. The first-order valence-electron chi connectivity index (χ1n) is 6.68. The highest BCUT2D eigenvalue weighted by atomic mass is 35.5. The molecule has 7 nitrogen and oxygen atoms in total. The number of carbonyl (C=O) groups excluding carboxylic acids is 1. The molecular formula is C13H12ClF3N6O. The summed E-state index contributed by atoms with van der Waals surface area (Å²) >= 11 is 5.66. The van der Waals surface area contributed by atoms with E-state index in [0.29, 0.717) is 0 Å². The molecule has 0 saturated carbocycles. The smallest absolute Gasteiger partial charge is 0.307 e. The van der Waals surface area contributed by atoms with E-state index in [4.69, 9.17) is 16.9 Å². The fourth-order valence-corrected chi connectivity index (χ4v) is 2.22. The number of anilines is 1. The summed E-state index contributed by atoms with van der Waals surface area (Å²) in [5.41, 5.74) is -1.21. The van der Waals surface area contributed by atoms with Crippen molar-refractivity contribution in [2.45, 2.75) is 32.6 Å². The van der Waals surface area contributed by atoms with Gasteiger partial charge in [-0.2, -0.15) is 28.6 Å². The zero-order valence-corrected chi connectivity index (χ0v) is 13.4. The lowest BCUT2D eigenvalue weighted by molar-refractivity contribution is -0.141. The van der Waals surface area contributed by atoms with Crippen LogP contribution in [0.2, 0.25) is 5.02 Å². The fourth-order valence-electron chi connectivity index (χ4n) is 1.99. The lowest BCUT2D eigenvalue weighted by Gasteiger charge is -2.13. The number of hydrogen-bond acceptors (Lipinski definition) is 4. The van der Waals surface area contributed by atoms with Crippen molar-refractivity contribution in [1.82, 2.24) is 19.6 Å². The second kappa shape index (κ2) is 6.52. The molecule has 0 aliphatic carbocycles. The molecule has 0 spiro atoms. The van der Waals surface area contributed by atoms with Crippen molar-refractivity contribution in [3.63, 3.8) is 0 Å². The van der Waals surface area contributed by atoms with Crippen molar-refractivity contribution >= 4 is 23.3 Å². The monoisotopic (exact) mass is 360 g/mol. The summed E-state index contributed by atoms with van der Waals surface area (Å²) in [7, 11) is 0. The van der Waals surface area contributed by atoms with Crippen LogP contribution in [-0.2, 0) is 17.5 Å². The number of carbonyl (C=O) groups is 1. The Morgan fingerprint density at radius 1 is 1.50 bits per heavy atom. The van der Waals surface area contributed by atoms with E-state index in [2.05, 4.69) is 15.5 Å². The molecule has 0 fully saturated rings. The van der Waals surface area contributed by atoms with Gasteiger partial charge in [0.05, 0.1) is 16.8 Å². The highest BCUT2D eigenvalue weighted by molar-refractivity contribution is 6.32. The van der Waals surface area contributed by atoms with Gasteiger partial charge in [-0.15, -0.1) is 0 Å². The molecule has 24 heavy (non-hydrogen) atoms. The second-order valence-corrected chi connectivity index (χ2v) is 5.29. The van der Waals surface area contributed by atoms with E-state index in [1.807, 2.05) is 6.07 Å². The minimum absolute atomic E-state index is 0.00817. The summed E-state index contributed by atoms with van der Waals surface area (Å²) in [6.45, 7) is 2.74. The number of alkyl halides is 3. The van der Waals surface area contributed by atoms with Crippen molar-refractivity contribution in [3.8, 4) is 6.07 Å². The van der Waals surface area contributed by atoms with Crippen LogP contribution in [0.4, 0.5) is 19.0 Å². The first-order valence-corrected chi connectivity index (χ1v) is 7.06. The summed E-state index contributed by atoms with van der Waals surface area (Å²) in [5.74, 6) is -0.442. The first-order chi connectivity index (χ1) is 11.1. The van der Waals surface area contributed by atoms with Gasteiger partial charge in [0, 0.05) is 12.3 Å². The average Bonchev–Trinajstić information content (AvgIpc) is 3.04. The molecule has 0 radical (unpaired) electrons. The molecule has 0 aromatic carbocycles. The van der Waals surface area contributed by atoms with Gasteiger partial charge < -0.3 is 5.32 Å². The molecule has 11 heteroatoms. The number of halogens is 4. The Kier molecular flexibility index (Phi) is 4.84. The van der Waals surface area contributed by atoms with E-state index in [1.54, 1.807) is 0 Å². The van der Waals surface area contributed by atoms with Gasteiger partial charge in [0.15, 0.2) is 11.5 Å². The number of rotatable bonds is 4. The van der Waals surface area contributed by atoms with Crippen molar-refractivity contribution in [2.75, 3.05) is 5.32 Å². The van der Waals surface area contributed by atoms with E-state index in [0.717, 1.165) is 4.68 Å². The maximum Gasteiger partial charge on any atom is 0.436 e. The standard InChI is InChI=1S/C13H12ClF3N6O/c1-7-10(14)11(13(15,16)17)21-23(7)8(2)12(24)19-9-3-5-22(20-9)6-4-18/h3,5,8H,6H2,1-2H3,(H,19,20,24). The Bertz CT molecular complexity index is 804. The Morgan fingerprint density at radius 2 is 2.17 bits per heavy atom. The number of nitriles is 1. The second-order valence-electron chi connectivity index (χ2n) is 4.91. The van der Waals surface area contributed by atoms with E-state index in [9.17, 15) is 18.0 Å². The van der Waals surface area contributed by atoms with Crippen LogP contribution in [-0.4, -0.2) is 25.5 Å². The normalized spacial score (nSPS) is 12.7. The molecular weight excluding hydrogens is 349 g/mol. The van der Waals surface area contributed by atoms with Gasteiger partial charge in [0.1, 0.15) is 12.6 Å². The average molecular weight is 361 g/mol. The lowest BCUT2D eigenvalue weighted by Crippen LogP contribution is -2.26. The van der Waals surface area contributed by atoms with E-state index in [-0.39, 0.29) is 18.1 Å². The molecule has 1 amide bonds. The molecule has 0 saturated heterocycles. The third-order valence-electron chi connectivity index (χ3n) is 3.22. The van der Waals surface area contributed by atoms with Crippen LogP contribution >= 0.6 is 11.6 Å². The van der Waals surface area contributed by atoms with Gasteiger partial charge in [-0.1, -0.05) is 11.6 Å². The molecule has 1 unspecified atom stereocenters. The fraction of sp³-hybridized carbons (Fsp3) is 0.385. The van der Waals surface area contributed by atoms with Crippen LogP contribution in [0.1, 0.15) is 24.4 Å². The summed E-state index contributed by atoms with van der Waals surface area (Å²) in [6, 6.07) is 2.30. The number of aromatic nitrogens is 4. The van der Waals surface area contributed by atoms with Crippen LogP contribution in [0.15, 0.2) is 12.3 Å². The van der Waals surface area contributed by atoms with Crippen molar-refractivity contribution in [1.29, 1.82) is 5.26 Å². The van der Waals surface area contributed by atoms with E-state index in [1.165, 1.54) is 30.8 Å². The summed E-state index contributed by atoms with van der Waals surface area (Å²) < 4.78 is 40.7. The Labute approximate surface area is 139 Å². The van der Waals surface area contributed by atoms with Gasteiger partial charge >= 0.3 is 6.18 Å². The predicted octanol–water partition coefficient (Wildman–Crippen LogP) is 2.78. The topological polar surface area (TPSA) is 88.5 Å². The summed E-state index contributed by atoms with van der Waals surface area (Å²) in [5, 5.41) is 17.8. The van der Waals surface area contributed by atoms with Crippen LogP contribution < -0.4 is 5.32 Å². The molecule has 0 bridgehead atoms. The quantitative estimate of drug-likeness (QED) is 0.908. The third-order valence-corrected chi connectivity index (χ3v) is 3.67. The SMILES string of the molecule is Cc1c(Cl)c(C(F)(F)F)nn1C(C)C(=O)Nc1ccn(CC#N)n1. The molecule has 1 atom stereocenters. The van der Waals surface area contributed by atoms with Crippen molar-refractivity contribution < 1.29 is 18.0 Å². The maximum absolute atomic E-state index is 12.8. The van der Waals surface area contributed by atoms with E-state index >= 15 is 0 Å². The Morgan fingerprint density at radius 3 is 2.71 bits per heavy atom. The molecule has 2 aromatic rings. The molecule has 2 rings (SSSR count). The minimum Gasteiger partial charge on any atom is -0.307 e. The number of hydrogen-bond donors (Lipinski definition) is 1. The van der Waals surface area contributed by atoms with Crippen LogP contribution in [0.5, 0.6) is 0 Å². The molecule has 1 N–H and O–H groups in total. The van der Waals surface area contributed by atoms with Crippen LogP contribution in [0.25, 0.3) is 0 Å². The van der Waals surface area contributed by atoms with Crippen molar-refractivity contribution in [3.05, 3.63) is 28.7 Å². The van der Waals surface area contributed by atoms with Gasteiger partial charge in [-0.3, -0.25) is 14.2 Å². The number of nitrogens with one attached hydrogen (secondary N) is 1. The highest BCUT2D eigenvalue weighted by Crippen LogP contribution is 2.36. The zero-order chi connectivity index (χ0) is 18.1. The first kappa shape index (κ1) is 17.8. The predicted molar refractivity (Wildman–Crippen MR) is 78.2 cm³/mol. The third kappa shape index (κ3) is 3.51. The summed E-state index contributed by atoms with van der Waals surface area (Å²) in [4.78, 5) is 12.2. The molecule has 128 valence electrons. The Balaban J connectivity index is 2.20. The molecule has 2 aromatic heterocycles. The van der Waals surface area contributed by atoms with Gasteiger partial charge in [-0.25, -0.2) is 0 Å². The Hall–Kier alpha value is -2.54. The van der Waals surface area contributed by atoms with Gasteiger partial charge in [-0.05, 0) is 13.8 Å². The largest absolute Gasteiger partial charge is 0.436 e. The van der Waals surface area contributed by atoms with Gasteiger partial charge in [0.2, 0.25) is 5.91 Å². The number of amides is 1. The van der Waals surface area contributed by atoms with E-state index < -0.39 is 28.8 Å².